The van der Waals surface area contributed by atoms with Gasteiger partial charge in [0.25, 0.3) is 0 Å². The van der Waals surface area contributed by atoms with Gasteiger partial charge in [-0.1, -0.05) is 13.8 Å². The summed E-state index contributed by atoms with van der Waals surface area (Å²) in [5.74, 6) is 1.54. The number of pyridine rings is 1. The second-order valence-electron chi connectivity index (χ2n) is 8.23. The molecule has 1 fully saturated rings. The van der Waals surface area contributed by atoms with Crippen LogP contribution in [0.3, 0.4) is 0 Å². The lowest BCUT2D eigenvalue weighted by molar-refractivity contribution is 0.0910. The Kier molecular flexibility index (Phi) is 6.61. The van der Waals surface area contributed by atoms with E-state index in [-0.39, 0.29) is 24.6 Å². The van der Waals surface area contributed by atoms with Gasteiger partial charge >= 0.3 is 6.09 Å². The SMILES string of the molecule is COCc1cc(N(C(=O)O)c2cc([C@H]3C[C@@H](Oc4cc(C(C)C)ccn4)CO3)[nH]n2)n(C)n1. The van der Waals surface area contributed by atoms with Crippen LogP contribution < -0.4 is 9.64 Å². The van der Waals surface area contributed by atoms with Crippen molar-refractivity contribution in [2.75, 3.05) is 18.6 Å². The molecular formula is C22H28N6O5. The molecule has 3 aromatic rings. The van der Waals surface area contributed by atoms with Gasteiger partial charge in [-0.25, -0.2) is 14.7 Å². The highest BCUT2D eigenvalue weighted by atomic mass is 16.6. The number of aromatic amines is 1. The molecule has 176 valence electrons. The molecule has 3 aromatic heterocycles. The minimum atomic E-state index is -1.18. The third-order valence-electron chi connectivity index (χ3n) is 5.45. The Labute approximate surface area is 191 Å². The maximum atomic E-state index is 12.0. The second-order valence-corrected chi connectivity index (χ2v) is 8.23. The molecule has 0 bridgehead atoms. The minimum absolute atomic E-state index is 0.166. The van der Waals surface area contributed by atoms with Crippen LogP contribution in [0.5, 0.6) is 5.88 Å². The highest BCUT2D eigenvalue weighted by Crippen LogP contribution is 2.33. The van der Waals surface area contributed by atoms with Gasteiger partial charge in [-0.2, -0.15) is 10.2 Å². The van der Waals surface area contributed by atoms with E-state index in [1.165, 1.54) is 4.68 Å². The normalized spacial score (nSPS) is 18.1. The molecule has 0 saturated carbocycles. The van der Waals surface area contributed by atoms with E-state index in [9.17, 15) is 9.90 Å². The van der Waals surface area contributed by atoms with Crippen molar-refractivity contribution in [2.45, 2.75) is 45.0 Å². The molecule has 11 heteroatoms. The maximum Gasteiger partial charge on any atom is 0.418 e. The number of hydrogen-bond donors (Lipinski definition) is 2. The Morgan fingerprint density at radius 3 is 2.94 bits per heavy atom. The van der Waals surface area contributed by atoms with Gasteiger partial charge in [0, 0.05) is 45.0 Å². The lowest BCUT2D eigenvalue weighted by atomic mass is 10.1. The molecule has 2 N–H and O–H groups in total. The van der Waals surface area contributed by atoms with Crippen molar-refractivity contribution >= 4 is 17.7 Å². The summed E-state index contributed by atoms with van der Waals surface area (Å²) in [6, 6.07) is 7.25. The number of anilines is 2. The van der Waals surface area contributed by atoms with Gasteiger partial charge in [-0.3, -0.25) is 9.78 Å². The fraction of sp³-hybridized carbons (Fsp3) is 0.455. The van der Waals surface area contributed by atoms with E-state index in [0.717, 1.165) is 10.5 Å². The zero-order valence-corrected chi connectivity index (χ0v) is 19.1. The van der Waals surface area contributed by atoms with E-state index < -0.39 is 6.09 Å². The lowest BCUT2D eigenvalue weighted by Gasteiger charge is -2.15. The van der Waals surface area contributed by atoms with Crippen molar-refractivity contribution in [1.29, 1.82) is 0 Å². The number of ether oxygens (including phenoxy) is 3. The van der Waals surface area contributed by atoms with Gasteiger partial charge in [0.2, 0.25) is 5.88 Å². The average molecular weight is 457 g/mol. The standard InChI is InChI=1S/C22H28N6O5/c1-13(2)14-5-6-23-20(7-14)33-16-9-18(32-12-16)17-10-19(25-24-17)28(22(29)30)21-8-15(11-31-4)26-27(21)3/h5-8,10,13,16,18H,9,11-12H2,1-4H3,(H,24,25)(H,29,30)/t16-,18-/m1/s1. The summed E-state index contributed by atoms with van der Waals surface area (Å²) in [5, 5.41) is 21.2. The van der Waals surface area contributed by atoms with E-state index >= 15 is 0 Å². The molecule has 33 heavy (non-hydrogen) atoms. The number of rotatable bonds is 8. The Morgan fingerprint density at radius 2 is 2.21 bits per heavy atom. The number of aryl methyl sites for hydroxylation is 1. The van der Waals surface area contributed by atoms with Crippen molar-refractivity contribution in [3.63, 3.8) is 0 Å². The number of aromatic nitrogens is 5. The zero-order valence-electron chi connectivity index (χ0n) is 19.1. The number of carboxylic acid groups (broad SMARTS) is 1. The average Bonchev–Trinajstić information content (AvgIpc) is 3.50. The van der Waals surface area contributed by atoms with Crippen LogP contribution in [0.25, 0.3) is 0 Å². The van der Waals surface area contributed by atoms with Crippen LogP contribution in [0.2, 0.25) is 0 Å². The van der Waals surface area contributed by atoms with Gasteiger partial charge in [0.15, 0.2) is 5.82 Å². The zero-order chi connectivity index (χ0) is 23.5. The van der Waals surface area contributed by atoms with Crippen molar-refractivity contribution in [1.82, 2.24) is 25.0 Å². The summed E-state index contributed by atoms with van der Waals surface area (Å²) in [6.07, 6.45) is 0.698. The molecule has 1 aliphatic heterocycles. The van der Waals surface area contributed by atoms with Crippen LogP contribution in [0, 0.1) is 0 Å². The Morgan fingerprint density at radius 1 is 1.39 bits per heavy atom. The van der Waals surface area contributed by atoms with Gasteiger partial charge in [-0.05, 0) is 17.5 Å². The molecule has 0 unspecified atom stereocenters. The summed E-state index contributed by atoms with van der Waals surface area (Å²) < 4.78 is 18.5. The summed E-state index contributed by atoms with van der Waals surface area (Å²) >= 11 is 0. The topological polar surface area (TPSA) is 128 Å². The van der Waals surface area contributed by atoms with Crippen LogP contribution >= 0.6 is 0 Å². The summed E-state index contributed by atoms with van der Waals surface area (Å²) in [5.41, 5.74) is 2.45. The summed E-state index contributed by atoms with van der Waals surface area (Å²) in [7, 11) is 3.22. The number of nitrogens with one attached hydrogen (secondary N) is 1. The molecule has 0 aromatic carbocycles. The number of carbonyl (C=O) groups is 1. The van der Waals surface area contributed by atoms with E-state index in [1.54, 1.807) is 32.5 Å². The van der Waals surface area contributed by atoms with Crippen LogP contribution in [0.15, 0.2) is 30.5 Å². The molecule has 2 atom stereocenters. The number of hydrogen-bond acceptors (Lipinski definition) is 7. The first-order valence-electron chi connectivity index (χ1n) is 10.7. The fourth-order valence-corrected chi connectivity index (χ4v) is 3.78. The molecule has 1 amide bonds. The predicted octanol–water partition coefficient (Wildman–Crippen LogP) is 3.53. The first kappa shape index (κ1) is 22.7. The van der Waals surface area contributed by atoms with Crippen LogP contribution in [-0.2, 0) is 23.1 Å². The fourth-order valence-electron chi connectivity index (χ4n) is 3.78. The number of H-pyrrole nitrogens is 1. The van der Waals surface area contributed by atoms with Crippen molar-refractivity contribution < 1.29 is 24.1 Å². The van der Waals surface area contributed by atoms with E-state index in [2.05, 4.69) is 34.1 Å². The van der Waals surface area contributed by atoms with Crippen LogP contribution in [0.4, 0.5) is 16.4 Å². The molecule has 4 heterocycles. The molecule has 11 nitrogen and oxygen atoms in total. The molecule has 4 rings (SSSR count). The summed E-state index contributed by atoms with van der Waals surface area (Å²) in [6.45, 7) is 4.92. The first-order valence-corrected chi connectivity index (χ1v) is 10.7. The lowest BCUT2D eigenvalue weighted by Crippen LogP contribution is -2.26. The maximum absolute atomic E-state index is 12.0. The first-order chi connectivity index (χ1) is 15.9. The van der Waals surface area contributed by atoms with Crippen molar-refractivity contribution in [3.8, 4) is 5.88 Å². The quantitative estimate of drug-likeness (QED) is 0.527. The third-order valence-corrected chi connectivity index (χ3v) is 5.45. The van der Waals surface area contributed by atoms with Crippen molar-refractivity contribution in [3.05, 3.63) is 47.4 Å². The monoisotopic (exact) mass is 456 g/mol. The van der Waals surface area contributed by atoms with Gasteiger partial charge in [0.05, 0.1) is 24.6 Å². The molecule has 0 radical (unpaired) electrons. The number of methoxy groups -OCH3 is 1. The predicted molar refractivity (Wildman–Crippen MR) is 119 cm³/mol. The highest BCUT2D eigenvalue weighted by molar-refractivity contribution is 5.92. The Hall–Kier alpha value is -3.44. The molecular weight excluding hydrogens is 428 g/mol. The molecule has 0 spiro atoms. The highest BCUT2D eigenvalue weighted by Gasteiger charge is 2.32. The molecule has 0 aliphatic carbocycles. The summed E-state index contributed by atoms with van der Waals surface area (Å²) in [4.78, 5) is 17.4. The van der Waals surface area contributed by atoms with Gasteiger partial charge < -0.3 is 19.3 Å². The number of amides is 1. The van der Waals surface area contributed by atoms with Gasteiger partial charge in [-0.15, -0.1) is 0 Å². The number of nitrogens with zero attached hydrogens (tertiary/aromatic N) is 5. The molecule has 1 saturated heterocycles. The van der Waals surface area contributed by atoms with E-state index in [4.69, 9.17) is 14.2 Å². The molecule has 1 aliphatic rings. The second kappa shape index (κ2) is 9.59. The minimum Gasteiger partial charge on any atom is -0.472 e. The van der Waals surface area contributed by atoms with Crippen LogP contribution in [0.1, 0.15) is 49.2 Å². The van der Waals surface area contributed by atoms with Gasteiger partial charge in [0.1, 0.15) is 18.0 Å². The van der Waals surface area contributed by atoms with Crippen molar-refractivity contribution in [2.24, 2.45) is 7.05 Å². The van der Waals surface area contributed by atoms with E-state index in [0.29, 0.717) is 42.0 Å². The van der Waals surface area contributed by atoms with E-state index in [1.807, 2.05) is 12.1 Å². The smallest absolute Gasteiger partial charge is 0.418 e. The van der Waals surface area contributed by atoms with Crippen LogP contribution in [-0.4, -0.2) is 56.0 Å². The largest absolute Gasteiger partial charge is 0.472 e. The third kappa shape index (κ3) is 4.99. The Bertz CT molecular complexity index is 1110. The Balaban J connectivity index is 1.46.